The van der Waals surface area contributed by atoms with E-state index in [4.69, 9.17) is 0 Å². The third-order valence-electron chi connectivity index (χ3n) is 3.55. The van der Waals surface area contributed by atoms with E-state index in [1.165, 1.54) is 5.56 Å². The van der Waals surface area contributed by atoms with Gasteiger partial charge in [-0.15, -0.1) is 11.8 Å². The summed E-state index contributed by atoms with van der Waals surface area (Å²) in [5, 5.41) is 9.49. The zero-order chi connectivity index (χ0) is 14.4. The molecule has 1 fully saturated rings. The van der Waals surface area contributed by atoms with Crippen LogP contribution in [0.2, 0.25) is 0 Å². The number of hydrogen-bond donors (Lipinski definition) is 1. The van der Waals surface area contributed by atoms with Gasteiger partial charge in [0.05, 0.1) is 11.9 Å². The van der Waals surface area contributed by atoms with Gasteiger partial charge in [-0.05, 0) is 43.9 Å². The molecule has 1 saturated heterocycles. The van der Waals surface area contributed by atoms with Crippen molar-refractivity contribution in [2.45, 2.75) is 44.1 Å². The number of aromatic nitrogens is 1. The van der Waals surface area contributed by atoms with Crippen LogP contribution in [0.25, 0.3) is 0 Å². The monoisotopic (exact) mass is 294 g/mol. The van der Waals surface area contributed by atoms with Crippen molar-refractivity contribution in [1.82, 2.24) is 9.88 Å². The summed E-state index contributed by atoms with van der Waals surface area (Å²) >= 11 is 1.64. The van der Waals surface area contributed by atoms with Crippen LogP contribution in [0.4, 0.5) is 0 Å². The normalized spacial score (nSPS) is 20.1. The predicted octanol–water partition coefficient (Wildman–Crippen LogP) is 2.08. The number of pyridine rings is 1. The SMILES string of the molecule is CC(O)CC1CCCN1C(=O)CSCc1ccncc1. The summed E-state index contributed by atoms with van der Waals surface area (Å²) in [6.45, 7) is 2.63. The molecule has 0 spiro atoms. The Kier molecular flexibility index (Phi) is 5.86. The lowest BCUT2D eigenvalue weighted by Gasteiger charge is -2.25. The van der Waals surface area contributed by atoms with Crippen LogP contribution in [0.1, 0.15) is 31.7 Å². The number of aliphatic hydroxyl groups excluding tert-OH is 1. The number of nitrogens with zero attached hydrogens (tertiary/aromatic N) is 2. The minimum atomic E-state index is -0.335. The number of likely N-dealkylation sites (tertiary alicyclic amines) is 1. The number of carbonyl (C=O) groups is 1. The molecule has 0 saturated carbocycles. The van der Waals surface area contributed by atoms with Gasteiger partial charge in [-0.2, -0.15) is 0 Å². The van der Waals surface area contributed by atoms with E-state index in [1.807, 2.05) is 17.0 Å². The van der Waals surface area contributed by atoms with Gasteiger partial charge in [0, 0.05) is 30.7 Å². The van der Waals surface area contributed by atoms with Crippen LogP contribution in [-0.4, -0.2) is 45.3 Å². The zero-order valence-corrected chi connectivity index (χ0v) is 12.7. The lowest BCUT2D eigenvalue weighted by molar-refractivity contribution is -0.129. The molecule has 2 atom stereocenters. The second kappa shape index (κ2) is 7.64. The largest absolute Gasteiger partial charge is 0.393 e. The molecule has 0 aromatic carbocycles. The lowest BCUT2D eigenvalue weighted by atomic mass is 10.1. The Morgan fingerprint density at radius 1 is 1.55 bits per heavy atom. The van der Waals surface area contributed by atoms with Gasteiger partial charge < -0.3 is 10.0 Å². The fourth-order valence-electron chi connectivity index (χ4n) is 2.62. The van der Waals surface area contributed by atoms with E-state index in [-0.39, 0.29) is 18.1 Å². The van der Waals surface area contributed by atoms with Crippen LogP contribution in [0.3, 0.4) is 0 Å². The van der Waals surface area contributed by atoms with E-state index in [0.717, 1.165) is 25.1 Å². The number of rotatable bonds is 6. The lowest BCUT2D eigenvalue weighted by Crippen LogP contribution is -2.38. The van der Waals surface area contributed by atoms with Gasteiger partial charge >= 0.3 is 0 Å². The van der Waals surface area contributed by atoms with E-state index in [9.17, 15) is 9.90 Å². The Bertz CT molecular complexity index is 425. The van der Waals surface area contributed by atoms with E-state index in [1.54, 1.807) is 31.1 Å². The second-order valence-corrected chi connectivity index (χ2v) is 6.30. The Hall–Kier alpha value is -1.07. The third-order valence-corrected chi connectivity index (χ3v) is 4.54. The summed E-state index contributed by atoms with van der Waals surface area (Å²) in [7, 11) is 0. The number of amides is 1. The van der Waals surface area contributed by atoms with Gasteiger partial charge in [0.25, 0.3) is 0 Å². The average molecular weight is 294 g/mol. The molecular formula is C15H22N2O2S. The molecule has 5 heteroatoms. The molecule has 110 valence electrons. The van der Waals surface area contributed by atoms with Gasteiger partial charge in [0.15, 0.2) is 0 Å². The van der Waals surface area contributed by atoms with Crippen molar-refractivity contribution in [1.29, 1.82) is 0 Å². The van der Waals surface area contributed by atoms with Crippen molar-refractivity contribution in [3.63, 3.8) is 0 Å². The Morgan fingerprint density at radius 2 is 2.30 bits per heavy atom. The highest BCUT2D eigenvalue weighted by atomic mass is 32.2. The molecule has 1 aliphatic heterocycles. The minimum Gasteiger partial charge on any atom is -0.393 e. The molecule has 4 nitrogen and oxygen atoms in total. The standard InChI is InChI=1S/C15H22N2O2S/c1-12(18)9-14-3-2-8-17(14)15(19)11-20-10-13-4-6-16-7-5-13/h4-7,12,14,18H,2-3,8-11H2,1H3. The first kappa shape index (κ1) is 15.3. The molecular weight excluding hydrogens is 272 g/mol. The predicted molar refractivity (Wildman–Crippen MR) is 81.4 cm³/mol. The first-order valence-electron chi connectivity index (χ1n) is 7.11. The smallest absolute Gasteiger partial charge is 0.232 e. The van der Waals surface area contributed by atoms with E-state index < -0.39 is 0 Å². The first-order valence-corrected chi connectivity index (χ1v) is 8.26. The van der Waals surface area contributed by atoms with Crippen LogP contribution in [0.15, 0.2) is 24.5 Å². The number of thioether (sulfide) groups is 1. The summed E-state index contributed by atoms with van der Waals surface area (Å²) in [4.78, 5) is 18.2. The van der Waals surface area contributed by atoms with E-state index >= 15 is 0 Å². The van der Waals surface area contributed by atoms with Crippen molar-refractivity contribution in [2.24, 2.45) is 0 Å². The maximum atomic E-state index is 12.2. The maximum absolute atomic E-state index is 12.2. The first-order chi connectivity index (χ1) is 9.66. The summed E-state index contributed by atoms with van der Waals surface area (Å²) in [5.74, 6) is 1.55. The molecule has 1 aromatic heterocycles. The molecule has 2 rings (SSSR count). The average Bonchev–Trinajstić information content (AvgIpc) is 2.87. The Morgan fingerprint density at radius 3 is 3.00 bits per heavy atom. The second-order valence-electron chi connectivity index (χ2n) is 5.32. The van der Waals surface area contributed by atoms with Crippen molar-refractivity contribution in [2.75, 3.05) is 12.3 Å². The van der Waals surface area contributed by atoms with Gasteiger partial charge in [-0.25, -0.2) is 0 Å². The summed E-state index contributed by atoms with van der Waals surface area (Å²) in [6, 6.07) is 4.18. The van der Waals surface area contributed by atoms with Crippen LogP contribution in [0, 0.1) is 0 Å². The summed E-state index contributed by atoms with van der Waals surface area (Å²) in [6.07, 6.45) is 5.98. The molecule has 2 heterocycles. The molecule has 0 aliphatic carbocycles. The van der Waals surface area contributed by atoms with Crippen LogP contribution < -0.4 is 0 Å². The molecule has 0 radical (unpaired) electrons. The van der Waals surface area contributed by atoms with Crippen molar-refractivity contribution in [3.8, 4) is 0 Å². The number of carbonyl (C=O) groups excluding carboxylic acids is 1. The number of hydrogen-bond acceptors (Lipinski definition) is 4. The van der Waals surface area contributed by atoms with Crippen LogP contribution in [0.5, 0.6) is 0 Å². The molecule has 1 aromatic rings. The topological polar surface area (TPSA) is 53.4 Å². The quantitative estimate of drug-likeness (QED) is 0.873. The van der Waals surface area contributed by atoms with Crippen molar-refractivity contribution < 1.29 is 9.90 Å². The van der Waals surface area contributed by atoms with Gasteiger partial charge in [0.2, 0.25) is 5.91 Å². The fourth-order valence-corrected chi connectivity index (χ4v) is 3.49. The van der Waals surface area contributed by atoms with Gasteiger partial charge in [0.1, 0.15) is 0 Å². The molecule has 1 aliphatic rings. The van der Waals surface area contributed by atoms with Crippen molar-refractivity contribution >= 4 is 17.7 Å². The van der Waals surface area contributed by atoms with Gasteiger partial charge in [-0.3, -0.25) is 9.78 Å². The van der Waals surface area contributed by atoms with Gasteiger partial charge in [-0.1, -0.05) is 0 Å². The number of aliphatic hydroxyl groups is 1. The molecule has 0 bridgehead atoms. The van der Waals surface area contributed by atoms with E-state index in [0.29, 0.717) is 12.2 Å². The molecule has 1 amide bonds. The zero-order valence-electron chi connectivity index (χ0n) is 11.9. The fraction of sp³-hybridized carbons (Fsp3) is 0.600. The Balaban J connectivity index is 1.76. The highest BCUT2D eigenvalue weighted by Gasteiger charge is 2.29. The van der Waals surface area contributed by atoms with Crippen LogP contribution >= 0.6 is 11.8 Å². The Labute approximate surface area is 124 Å². The van der Waals surface area contributed by atoms with E-state index in [2.05, 4.69) is 4.98 Å². The minimum absolute atomic E-state index is 0.201. The highest BCUT2D eigenvalue weighted by Crippen LogP contribution is 2.23. The van der Waals surface area contributed by atoms with Crippen molar-refractivity contribution in [3.05, 3.63) is 30.1 Å². The summed E-state index contributed by atoms with van der Waals surface area (Å²) < 4.78 is 0. The molecule has 2 unspecified atom stereocenters. The van der Waals surface area contributed by atoms with Crippen LogP contribution in [-0.2, 0) is 10.5 Å². The summed E-state index contributed by atoms with van der Waals surface area (Å²) in [5.41, 5.74) is 1.19. The third kappa shape index (κ3) is 4.49. The maximum Gasteiger partial charge on any atom is 0.232 e. The highest BCUT2D eigenvalue weighted by molar-refractivity contribution is 7.99. The molecule has 1 N–H and O–H groups in total. The molecule has 20 heavy (non-hydrogen) atoms.